The molecule has 0 aliphatic heterocycles. The van der Waals surface area contributed by atoms with Gasteiger partial charge in [-0.2, -0.15) is 0 Å². The molecule has 0 fully saturated rings. The van der Waals surface area contributed by atoms with Crippen molar-refractivity contribution in [3.8, 4) is 16.9 Å². The molecule has 3 aromatic rings. The van der Waals surface area contributed by atoms with Gasteiger partial charge in [-0.25, -0.2) is 9.18 Å². The summed E-state index contributed by atoms with van der Waals surface area (Å²) in [6.07, 6.45) is 0. The standard InChI is InChI=1S/C19H15FO3/c1-22-18-9-8-14(20)11-17(18)15-5-3-4-12-6-7-13(10-16(12)15)19(21)23-2/h3-11H,1-2H3. The number of carbonyl (C=O) groups excluding carboxylic acids is 1. The topological polar surface area (TPSA) is 35.5 Å². The third kappa shape index (κ3) is 2.75. The van der Waals surface area contributed by atoms with Crippen LogP contribution in [0.4, 0.5) is 4.39 Å². The maximum Gasteiger partial charge on any atom is 0.337 e. The highest BCUT2D eigenvalue weighted by Crippen LogP contribution is 2.35. The molecular formula is C19H15FO3. The summed E-state index contributed by atoms with van der Waals surface area (Å²) in [7, 11) is 2.88. The van der Waals surface area contributed by atoms with E-state index < -0.39 is 5.97 Å². The first-order valence-electron chi connectivity index (χ1n) is 7.09. The molecule has 23 heavy (non-hydrogen) atoms. The molecule has 4 heteroatoms. The smallest absolute Gasteiger partial charge is 0.337 e. The van der Waals surface area contributed by atoms with Gasteiger partial charge in [0.05, 0.1) is 19.8 Å². The first kappa shape index (κ1) is 15.0. The third-order valence-electron chi connectivity index (χ3n) is 3.75. The van der Waals surface area contributed by atoms with Crippen molar-refractivity contribution >= 4 is 16.7 Å². The Hall–Kier alpha value is -2.88. The van der Waals surface area contributed by atoms with Crippen LogP contribution >= 0.6 is 0 Å². The number of rotatable bonds is 3. The molecule has 3 aromatic carbocycles. The highest BCUT2D eigenvalue weighted by Gasteiger charge is 2.13. The minimum Gasteiger partial charge on any atom is -0.496 e. The SMILES string of the molecule is COC(=O)c1ccc2cccc(-c3cc(F)ccc3OC)c2c1. The summed E-state index contributed by atoms with van der Waals surface area (Å²) in [5.41, 5.74) is 1.88. The fourth-order valence-corrected chi connectivity index (χ4v) is 2.64. The van der Waals surface area contributed by atoms with Crippen LogP contribution in [0.15, 0.2) is 54.6 Å². The van der Waals surface area contributed by atoms with Crippen molar-refractivity contribution in [2.75, 3.05) is 14.2 Å². The first-order valence-corrected chi connectivity index (χ1v) is 7.09. The van der Waals surface area contributed by atoms with E-state index in [2.05, 4.69) is 0 Å². The number of hydrogen-bond acceptors (Lipinski definition) is 3. The van der Waals surface area contributed by atoms with Crippen LogP contribution < -0.4 is 4.74 Å². The molecular weight excluding hydrogens is 295 g/mol. The largest absolute Gasteiger partial charge is 0.496 e. The minimum absolute atomic E-state index is 0.345. The number of fused-ring (bicyclic) bond motifs is 1. The van der Waals surface area contributed by atoms with Crippen molar-refractivity contribution < 1.29 is 18.7 Å². The van der Waals surface area contributed by atoms with Crippen molar-refractivity contribution in [3.63, 3.8) is 0 Å². The van der Waals surface area contributed by atoms with E-state index in [4.69, 9.17) is 9.47 Å². The van der Waals surface area contributed by atoms with Gasteiger partial charge in [0.25, 0.3) is 0 Å². The van der Waals surface area contributed by atoms with E-state index in [-0.39, 0.29) is 5.82 Å². The van der Waals surface area contributed by atoms with E-state index in [0.717, 1.165) is 16.3 Å². The van der Waals surface area contributed by atoms with E-state index in [9.17, 15) is 9.18 Å². The van der Waals surface area contributed by atoms with Crippen molar-refractivity contribution in [2.24, 2.45) is 0 Å². The predicted octanol–water partition coefficient (Wildman–Crippen LogP) is 4.44. The zero-order valence-electron chi connectivity index (χ0n) is 12.8. The molecule has 0 aliphatic rings. The number of carbonyl (C=O) groups is 1. The van der Waals surface area contributed by atoms with Gasteiger partial charge in [-0.05, 0) is 46.7 Å². The molecule has 0 atom stereocenters. The monoisotopic (exact) mass is 310 g/mol. The van der Waals surface area contributed by atoms with Crippen LogP contribution in [0.2, 0.25) is 0 Å². The van der Waals surface area contributed by atoms with Crippen LogP contribution in [0.3, 0.4) is 0 Å². The van der Waals surface area contributed by atoms with E-state index in [1.165, 1.54) is 19.2 Å². The Balaban J connectivity index is 2.29. The van der Waals surface area contributed by atoms with E-state index in [1.54, 1.807) is 25.3 Å². The molecule has 0 aliphatic carbocycles. The molecule has 0 spiro atoms. The Bertz CT molecular complexity index is 887. The number of hydrogen-bond donors (Lipinski definition) is 0. The maximum atomic E-state index is 13.7. The molecule has 0 unspecified atom stereocenters. The zero-order valence-corrected chi connectivity index (χ0v) is 12.8. The lowest BCUT2D eigenvalue weighted by Gasteiger charge is -2.12. The highest BCUT2D eigenvalue weighted by molar-refractivity contribution is 6.02. The quantitative estimate of drug-likeness (QED) is 0.671. The molecule has 0 N–H and O–H groups in total. The summed E-state index contributed by atoms with van der Waals surface area (Å²) < 4.78 is 23.8. The third-order valence-corrected chi connectivity index (χ3v) is 3.75. The zero-order chi connectivity index (χ0) is 16.4. The van der Waals surface area contributed by atoms with Crippen LogP contribution in [0.25, 0.3) is 21.9 Å². The highest BCUT2D eigenvalue weighted by atomic mass is 19.1. The number of benzene rings is 3. The van der Waals surface area contributed by atoms with Crippen LogP contribution in [0.1, 0.15) is 10.4 Å². The fourth-order valence-electron chi connectivity index (χ4n) is 2.64. The van der Waals surface area contributed by atoms with Crippen molar-refractivity contribution in [1.29, 1.82) is 0 Å². The summed E-state index contributed by atoms with van der Waals surface area (Å²) in [5.74, 6) is -0.183. The fraction of sp³-hybridized carbons (Fsp3) is 0.105. The van der Waals surface area contributed by atoms with E-state index >= 15 is 0 Å². The first-order chi connectivity index (χ1) is 11.1. The van der Waals surface area contributed by atoms with Crippen molar-refractivity contribution in [3.05, 3.63) is 66.0 Å². The van der Waals surface area contributed by atoms with Crippen LogP contribution in [0, 0.1) is 5.82 Å². The normalized spacial score (nSPS) is 10.6. The lowest BCUT2D eigenvalue weighted by molar-refractivity contribution is 0.0601. The van der Waals surface area contributed by atoms with E-state index in [0.29, 0.717) is 16.9 Å². The summed E-state index contributed by atoms with van der Waals surface area (Å²) in [4.78, 5) is 11.8. The Morgan fingerprint density at radius 1 is 0.957 bits per heavy atom. The van der Waals surface area contributed by atoms with Gasteiger partial charge >= 0.3 is 5.97 Å². The number of ether oxygens (including phenoxy) is 2. The van der Waals surface area contributed by atoms with Gasteiger partial charge in [-0.3, -0.25) is 0 Å². The average Bonchev–Trinajstić information content (AvgIpc) is 2.60. The lowest BCUT2D eigenvalue weighted by atomic mass is 9.96. The Kier molecular flexibility index (Phi) is 3.98. The average molecular weight is 310 g/mol. The second-order valence-electron chi connectivity index (χ2n) is 5.08. The molecule has 0 amide bonds. The number of halogens is 1. The van der Waals surface area contributed by atoms with Crippen molar-refractivity contribution in [2.45, 2.75) is 0 Å². The van der Waals surface area contributed by atoms with Gasteiger partial charge in [0.2, 0.25) is 0 Å². The Labute approximate surface area is 133 Å². The lowest BCUT2D eigenvalue weighted by Crippen LogP contribution is -2.00. The minimum atomic E-state index is -0.409. The molecule has 0 radical (unpaired) electrons. The Morgan fingerprint density at radius 2 is 1.78 bits per heavy atom. The maximum absolute atomic E-state index is 13.7. The second-order valence-corrected chi connectivity index (χ2v) is 5.08. The summed E-state index contributed by atoms with van der Waals surface area (Å²) in [6, 6.07) is 15.4. The van der Waals surface area contributed by atoms with Crippen molar-refractivity contribution in [1.82, 2.24) is 0 Å². The molecule has 0 heterocycles. The second kappa shape index (κ2) is 6.08. The molecule has 116 valence electrons. The van der Waals surface area contributed by atoms with Gasteiger partial charge < -0.3 is 9.47 Å². The van der Waals surface area contributed by atoms with E-state index in [1.807, 2.05) is 24.3 Å². The van der Waals surface area contributed by atoms with Gasteiger partial charge in [0.15, 0.2) is 0 Å². The number of esters is 1. The number of methoxy groups -OCH3 is 2. The van der Waals surface area contributed by atoms with Gasteiger partial charge in [0.1, 0.15) is 11.6 Å². The molecule has 3 rings (SSSR count). The molecule has 0 aromatic heterocycles. The van der Waals surface area contributed by atoms with Gasteiger partial charge in [-0.1, -0.05) is 24.3 Å². The molecule has 0 bridgehead atoms. The summed E-state index contributed by atoms with van der Waals surface area (Å²) in [5, 5.41) is 1.78. The summed E-state index contributed by atoms with van der Waals surface area (Å²) in [6.45, 7) is 0. The summed E-state index contributed by atoms with van der Waals surface area (Å²) >= 11 is 0. The molecule has 0 saturated heterocycles. The predicted molar refractivity (Wildman–Crippen MR) is 87.2 cm³/mol. The Morgan fingerprint density at radius 3 is 2.52 bits per heavy atom. The van der Waals surface area contributed by atoms with Gasteiger partial charge in [-0.15, -0.1) is 0 Å². The van der Waals surface area contributed by atoms with Gasteiger partial charge in [0, 0.05) is 5.56 Å². The van der Waals surface area contributed by atoms with Crippen LogP contribution in [0.5, 0.6) is 5.75 Å². The van der Waals surface area contributed by atoms with Crippen LogP contribution in [-0.4, -0.2) is 20.2 Å². The molecule has 3 nitrogen and oxygen atoms in total. The van der Waals surface area contributed by atoms with Crippen LogP contribution in [-0.2, 0) is 4.74 Å². The molecule has 0 saturated carbocycles.